The van der Waals surface area contributed by atoms with Gasteiger partial charge in [-0.1, -0.05) is 24.3 Å². The molecule has 8 heteroatoms. The zero-order valence-corrected chi connectivity index (χ0v) is 15.9. The number of aromatic nitrogens is 2. The molecule has 0 spiro atoms. The van der Waals surface area contributed by atoms with Crippen molar-refractivity contribution in [2.75, 3.05) is 6.26 Å². The van der Waals surface area contributed by atoms with E-state index in [0.29, 0.717) is 23.6 Å². The van der Waals surface area contributed by atoms with Gasteiger partial charge in [-0.2, -0.15) is 0 Å². The summed E-state index contributed by atoms with van der Waals surface area (Å²) in [5, 5.41) is 0. The maximum atomic E-state index is 11.8. The monoisotopic (exact) mass is 383 g/mol. The Hall–Kier alpha value is -2.84. The van der Waals surface area contributed by atoms with Crippen molar-refractivity contribution in [1.82, 2.24) is 9.97 Å². The molecular weight excluding hydrogens is 362 g/mol. The number of nitrogens with zero attached hydrogens (tertiary/aromatic N) is 3. The molecule has 0 aliphatic rings. The van der Waals surface area contributed by atoms with E-state index in [1.807, 2.05) is 24.3 Å². The van der Waals surface area contributed by atoms with Gasteiger partial charge in [0, 0.05) is 18.0 Å². The molecule has 0 aliphatic heterocycles. The number of H-pyrrole nitrogens is 1. The maximum absolute atomic E-state index is 11.8. The fourth-order valence-corrected chi connectivity index (χ4v) is 3.19. The lowest BCUT2D eigenvalue weighted by atomic mass is 10.1. The van der Waals surface area contributed by atoms with Crippen LogP contribution in [-0.4, -0.2) is 42.7 Å². The molecule has 0 radical (unpaired) electrons. The lowest BCUT2D eigenvalue weighted by Gasteiger charge is -2.05. The van der Waals surface area contributed by atoms with Gasteiger partial charge in [-0.05, 0) is 31.2 Å². The Bertz CT molecular complexity index is 1080. The van der Waals surface area contributed by atoms with Crippen molar-refractivity contribution in [3.05, 3.63) is 59.9 Å². The van der Waals surface area contributed by atoms with E-state index in [1.54, 1.807) is 37.4 Å². The van der Waals surface area contributed by atoms with Crippen molar-refractivity contribution in [2.45, 2.75) is 24.5 Å². The highest BCUT2D eigenvalue weighted by molar-refractivity contribution is 7.90. The molecule has 0 saturated heterocycles. The van der Waals surface area contributed by atoms with Crippen LogP contribution < -0.4 is 5.73 Å². The summed E-state index contributed by atoms with van der Waals surface area (Å²) >= 11 is 0. The van der Waals surface area contributed by atoms with E-state index in [9.17, 15) is 8.42 Å². The van der Waals surface area contributed by atoms with Crippen LogP contribution in [0.25, 0.3) is 11.0 Å². The Morgan fingerprint density at radius 1 is 1.26 bits per heavy atom. The molecule has 3 aromatic rings. The predicted octanol–water partition coefficient (Wildman–Crippen LogP) is 2.33. The number of sulfone groups is 1. The SMILES string of the molecule is CC(N)/N=C\C(=N/Cc1nc2ccccc2[nH]1)c1cccc(S(C)(=O)=O)c1. The van der Waals surface area contributed by atoms with E-state index < -0.39 is 9.84 Å². The van der Waals surface area contributed by atoms with Crippen LogP contribution in [0.15, 0.2) is 63.4 Å². The predicted molar refractivity (Wildman–Crippen MR) is 108 cm³/mol. The number of nitrogens with two attached hydrogens (primary N) is 1. The number of nitrogens with one attached hydrogen (secondary N) is 1. The molecule has 0 fully saturated rings. The average Bonchev–Trinajstić information content (AvgIpc) is 3.04. The summed E-state index contributed by atoms with van der Waals surface area (Å²) in [6.45, 7) is 2.05. The number of imidazole rings is 1. The number of aliphatic imine (C=N–C) groups is 2. The van der Waals surface area contributed by atoms with Crippen molar-refractivity contribution < 1.29 is 8.42 Å². The van der Waals surface area contributed by atoms with Crippen molar-refractivity contribution in [3.8, 4) is 0 Å². The van der Waals surface area contributed by atoms with Crippen LogP contribution in [0.2, 0.25) is 0 Å². The van der Waals surface area contributed by atoms with Crippen molar-refractivity contribution in [1.29, 1.82) is 0 Å². The number of para-hydroxylation sites is 2. The van der Waals surface area contributed by atoms with Gasteiger partial charge in [0.2, 0.25) is 0 Å². The maximum Gasteiger partial charge on any atom is 0.175 e. The standard InChI is InChI=1S/C19H21N5O2S/c1-13(20)21-11-18(14-6-5-7-15(10-14)27(2,25)26)22-12-19-23-16-8-3-4-9-17(16)24-19/h3-11,13H,12,20H2,1-2H3,(H,23,24)/b21-11-,22-18+. The lowest BCUT2D eigenvalue weighted by Crippen LogP contribution is -2.14. The number of rotatable bonds is 6. The Kier molecular flexibility index (Phi) is 5.48. The molecule has 0 saturated carbocycles. The largest absolute Gasteiger partial charge is 0.340 e. The second-order valence-electron chi connectivity index (χ2n) is 6.22. The Morgan fingerprint density at radius 2 is 2.04 bits per heavy atom. The molecular formula is C19H21N5O2S. The molecule has 1 heterocycles. The molecule has 3 rings (SSSR count). The van der Waals surface area contributed by atoms with Crippen LogP contribution in [0.1, 0.15) is 18.3 Å². The quantitative estimate of drug-likeness (QED) is 0.636. The highest BCUT2D eigenvalue weighted by Gasteiger charge is 2.10. The summed E-state index contributed by atoms with van der Waals surface area (Å²) in [5.41, 5.74) is 8.71. The molecule has 1 unspecified atom stereocenters. The Morgan fingerprint density at radius 3 is 2.74 bits per heavy atom. The van der Waals surface area contributed by atoms with Gasteiger partial charge in [-0.3, -0.25) is 9.98 Å². The molecule has 0 bridgehead atoms. The van der Waals surface area contributed by atoms with Gasteiger partial charge in [0.15, 0.2) is 9.84 Å². The van der Waals surface area contributed by atoms with Crippen LogP contribution >= 0.6 is 0 Å². The summed E-state index contributed by atoms with van der Waals surface area (Å²) < 4.78 is 23.7. The van der Waals surface area contributed by atoms with Crippen LogP contribution in [0.3, 0.4) is 0 Å². The van der Waals surface area contributed by atoms with Gasteiger partial charge in [0.25, 0.3) is 0 Å². The van der Waals surface area contributed by atoms with Gasteiger partial charge in [0.05, 0.1) is 34.4 Å². The first-order chi connectivity index (χ1) is 12.8. The molecule has 1 aromatic heterocycles. The number of hydrogen-bond acceptors (Lipinski definition) is 6. The topological polar surface area (TPSA) is 114 Å². The highest BCUT2D eigenvalue weighted by atomic mass is 32.2. The summed E-state index contributed by atoms with van der Waals surface area (Å²) in [6, 6.07) is 14.3. The molecule has 1 atom stereocenters. The van der Waals surface area contributed by atoms with E-state index in [0.717, 1.165) is 11.0 Å². The first-order valence-electron chi connectivity index (χ1n) is 8.40. The number of hydrogen-bond donors (Lipinski definition) is 2. The van der Waals surface area contributed by atoms with E-state index in [2.05, 4.69) is 20.0 Å². The first-order valence-corrected chi connectivity index (χ1v) is 10.3. The van der Waals surface area contributed by atoms with E-state index in [-0.39, 0.29) is 11.1 Å². The van der Waals surface area contributed by atoms with Crippen LogP contribution in [0.4, 0.5) is 0 Å². The average molecular weight is 383 g/mol. The van der Waals surface area contributed by atoms with Crippen LogP contribution in [-0.2, 0) is 16.4 Å². The van der Waals surface area contributed by atoms with E-state index in [1.165, 1.54) is 6.26 Å². The van der Waals surface area contributed by atoms with Gasteiger partial charge < -0.3 is 10.7 Å². The highest BCUT2D eigenvalue weighted by Crippen LogP contribution is 2.14. The number of fused-ring (bicyclic) bond motifs is 1. The number of aromatic amines is 1. The third-order valence-electron chi connectivity index (χ3n) is 3.83. The first kappa shape index (κ1) is 18.9. The summed E-state index contributed by atoms with van der Waals surface area (Å²) in [4.78, 5) is 16.7. The minimum absolute atomic E-state index is 0.227. The molecule has 7 nitrogen and oxygen atoms in total. The summed E-state index contributed by atoms with van der Waals surface area (Å²) in [5.74, 6) is 0.710. The minimum Gasteiger partial charge on any atom is -0.340 e. The third kappa shape index (κ3) is 4.87. The third-order valence-corrected chi connectivity index (χ3v) is 4.94. The van der Waals surface area contributed by atoms with Crippen LogP contribution in [0, 0.1) is 0 Å². The normalized spacial score (nSPS) is 14.1. The fourth-order valence-electron chi connectivity index (χ4n) is 2.52. The summed E-state index contributed by atoms with van der Waals surface area (Å²) in [6.07, 6.45) is 2.35. The zero-order valence-electron chi connectivity index (χ0n) is 15.1. The Labute approximate surface area is 158 Å². The van der Waals surface area contributed by atoms with Gasteiger partial charge in [-0.25, -0.2) is 13.4 Å². The lowest BCUT2D eigenvalue weighted by molar-refractivity contribution is 0.602. The van der Waals surface area contributed by atoms with Gasteiger partial charge in [0.1, 0.15) is 5.82 Å². The molecule has 0 aliphatic carbocycles. The van der Waals surface area contributed by atoms with Crippen molar-refractivity contribution in [2.24, 2.45) is 15.7 Å². The van der Waals surface area contributed by atoms with Gasteiger partial charge >= 0.3 is 0 Å². The van der Waals surface area contributed by atoms with Crippen LogP contribution in [0.5, 0.6) is 0 Å². The molecule has 27 heavy (non-hydrogen) atoms. The number of benzene rings is 2. The second-order valence-corrected chi connectivity index (χ2v) is 8.24. The Balaban J connectivity index is 1.96. The van der Waals surface area contributed by atoms with Crippen molar-refractivity contribution >= 4 is 32.8 Å². The van der Waals surface area contributed by atoms with E-state index >= 15 is 0 Å². The van der Waals surface area contributed by atoms with Crippen molar-refractivity contribution in [3.63, 3.8) is 0 Å². The molecule has 140 valence electrons. The summed E-state index contributed by atoms with van der Waals surface area (Å²) in [7, 11) is -3.32. The molecule has 3 N–H and O–H groups in total. The minimum atomic E-state index is -3.32. The van der Waals surface area contributed by atoms with Gasteiger partial charge in [-0.15, -0.1) is 0 Å². The zero-order chi connectivity index (χ0) is 19.4. The molecule has 0 amide bonds. The van der Waals surface area contributed by atoms with E-state index in [4.69, 9.17) is 5.73 Å². The second kappa shape index (κ2) is 7.81. The smallest absolute Gasteiger partial charge is 0.175 e. The molecule has 2 aromatic carbocycles. The fraction of sp³-hybridized carbons (Fsp3) is 0.211.